The first-order valence-corrected chi connectivity index (χ1v) is 10.8. The van der Waals surface area contributed by atoms with Crippen LogP contribution < -0.4 is 10.1 Å². The zero-order valence-corrected chi connectivity index (χ0v) is 18.4. The molecule has 1 aliphatic heterocycles. The SMILES string of the molecule is COC(=O)C1=C(C)NC2=C(C(=O)C[C@H](c3cccc(OC)c3)C2)[C@H]1c1ccc(C)s1. The summed E-state index contributed by atoms with van der Waals surface area (Å²) >= 11 is 1.62. The Hall–Kier alpha value is -2.86. The first-order chi connectivity index (χ1) is 14.4. The van der Waals surface area contributed by atoms with Crippen molar-refractivity contribution in [1.29, 1.82) is 0 Å². The number of Topliss-reactive ketones (excluding diaryl/α,β-unsaturated/α-hetero) is 1. The van der Waals surface area contributed by atoms with Crippen molar-refractivity contribution < 1.29 is 19.1 Å². The molecule has 0 radical (unpaired) electrons. The maximum absolute atomic E-state index is 13.4. The van der Waals surface area contributed by atoms with E-state index in [4.69, 9.17) is 9.47 Å². The number of benzene rings is 1. The van der Waals surface area contributed by atoms with Gasteiger partial charge in [-0.1, -0.05) is 12.1 Å². The van der Waals surface area contributed by atoms with E-state index in [9.17, 15) is 9.59 Å². The van der Waals surface area contributed by atoms with E-state index >= 15 is 0 Å². The first-order valence-electron chi connectivity index (χ1n) is 9.95. The number of thiophene rings is 1. The van der Waals surface area contributed by atoms with Crippen LogP contribution in [0.3, 0.4) is 0 Å². The number of allylic oxidation sites excluding steroid dienone is 3. The smallest absolute Gasteiger partial charge is 0.336 e. The number of hydrogen-bond donors (Lipinski definition) is 1. The predicted molar refractivity (Wildman–Crippen MR) is 117 cm³/mol. The number of rotatable bonds is 4. The molecule has 156 valence electrons. The van der Waals surface area contributed by atoms with Gasteiger partial charge in [0.1, 0.15) is 5.75 Å². The van der Waals surface area contributed by atoms with Crippen molar-refractivity contribution in [3.8, 4) is 5.75 Å². The molecule has 1 N–H and O–H groups in total. The Balaban J connectivity index is 1.78. The molecule has 1 aliphatic carbocycles. The highest BCUT2D eigenvalue weighted by molar-refractivity contribution is 7.12. The van der Waals surface area contributed by atoms with Crippen LogP contribution >= 0.6 is 11.3 Å². The van der Waals surface area contributed by atoms with Crippen molar-refractivity contribution in [3.05, 3.63) is 74.3 Å². The molecule has 0 unspecified atom stereocenters. The van der Waals surface area contributed by atoms with E-state index in [0.717, 1.165) is 32.5 Å². The number of dihydropyridines is 1. The van der Waals surface area contributed by atoms with Crippen molar-refractivity contribution in [2.75, 3.05) is 14.2 Å². The monoisotopic (exact) mass is 423 g/mol. The zero-order valence-electron chi connectivity index (χ0n) is 17.6. The fourth-order valence-corrected chi connectivity index (χ4v) is 5.44. The number of carbonyl (C=O) groups excluding carboxylic acids is 2. The molecule has 0 saturated carbocycles. The van der Waals surface area contributed by atoms with Crippen molar-refractivity contribution in [2.24, 2.45) is 0 Å². The lowest BCUT2D eigenvalue weighted by Gasteiger charge is -2.36. The topological polar surface area (TPSA) is 64.6 Å². The summed E-state index contributed by atoms with van der Waals surface area (Å²) < 4.78 is 10.4. The Labute approximate surface area is 180 Å². The second-order valence-corrected chi connectivity index (χ2v) is 9.05. The summed E-state index contributed by atoms with van der Waals surface area (Å²) in [6.07, 6.45) is 1.11. The van der Waals surface area contributed by atoms with Gasteiger partial charge in [0, 0.05) is 33.1 Å². The lowest BCUT2D eigenvalue weighted by atomic mass is 9.73. The molecule has 2 heterocycles. The van der Waals surface area contributed by atoms with E-state index in [-0.39, 0.29) is 17.6 Å². The molecule has 5 nitrogen and oxygen atoms in total. The molecule has 2 aliphatic rings. The van der Waals surface area contributed by atoms with Gasteiger partial charge in [-0.05, 0) is 56.0 Å². The fraction of sp³-hybridized carbons (Fsp3) is 0.333. The Morgan fingerprint density at radius 1 is 1.13 bits per heavy atom. The maximum atomic E-state index is 13.4. The number of aryl methyl sites for hydroxylation is 1. The van der Waals surface area contributed by atoms with Crippen molar-refractivity contribution >= 4 is 23.1 Å². The molecule has 1 aromatic heterocycles. The summed E-state index contributed by atoms with van der Waals surface area (Å²) in [6.45, 7) is 3.91. The average molecular weight is 424 g/mol. The van der Waals surface area contributed by atoms with Crippen LogP contribution in [0.25, 0.3) is 0 Å². The number of carbonyl (C=O) groups is 2. The van der Waals surface area contributed by atoms with E-state index in [0.29, 0.717) is 24.0 Å². The molecule has 2 aromatic rings. The molecule has 1 aromatic carbocycles. The van der Waals surface area contributed by atoms with Crippen LogP contribution in [0.2, 0.25) is 0 Å². The van der Waals surface area contributed by atoms with E-state index in [1.807, 2.05) is 50.2 Å². The van der Waals surface area contributed by atoms with Crippen LogP contribution in [0.15, 0.2) is 58.9 Å². The summed E-state index contributed by atoms with van der Waals surface area (Å²) in [5.74, 6) is 0.141. The normalized spacial score (nSPS) is 21.3. The summed E-state index contributed by atoms with van der Waals surface area (Å²) in [6, 6.07) is 11.9. The van der Waals surface area contributed by atoms with E-state index in [1.165, 1.54) is 7.11 Å². The van der Waals surface area contributed by atoms with Gasteiger partial charge in [0.25, 0.3) is 0 Å². The lowest BCUT2D eigenvalue weighted by molar-refractivity contribution is -0.136. The molecule has 0 spiro atoms. The molecule has 6 heteroatoms. The Morgan fingerprint density at radius 3 is 2.60 bits per heavy atom. The summed E-state index contributed by atoms with van der Waals surface area (Å²) in [4.78, 5) is 28.2. The number of nitrogens with one attached hydrogen (secondary N) is 1. The standard InChI is InChI=1S/C24H25NO4S/c1-13-8-9-20(30-13)23-21(24(27)29-4)14(2)25-18-11-16(12-19(26)22(18)23)15-6-5-7-17(10-15)28-3/h5-10,16,23,25H,11-12H2,1-4H3/t16-,23+/m1/s1. The number of methoxy groups -OCH3 is 2. The summed E-state index contributed by atoms with van der Waals surface area (Å²) in [7, 11) is 3.02. The van der Waals surface area contributed by atoms with Gasteiger partial charge < -0.3 is 14.8 Å². The largest absolute Gasteiger partial charge is 0.497 e. The molecular weight excluding hydrogens is 398 g/mol. The zero-order chi connectivity index (χ0) is 21.4. The molecule has 0 fully saturated rings. The number of hydrogen-bond acceptors (Lipinski definition) is 6. The van der Waals surface area contributed by atoms with Gasteiger partial charge in [-0.2, -0.15) is 0 Å². The van der Waals surface area contributed by atoms with Gasteiger partial charge >= 0.3 is 5.97 Å². The number of esters is 1. The average Bonchev–Trinajstić information content (AvgIpc) is 3.18. The minimum absolute atomic E-state index is 0.0667. The van der Waals surface area contributed by atoms with Crippen molar-refractivity contribution in [1.82, 2.24) is 5.32 Å². The minimum Gasteiger partial charge on any atom is -0.497 e. The van der Waals surface area contributed by atoms with Crippen LogP contribution in [-0.4, -0.2) is 26.0 Å². The van der Waals surface area contributed by atoms with Gasteiger partial charge in [0.05, 0.1) is 25.7 Å². The third kappa shape index (κ3) is 3.56. The van der Waals surface area contributed by atoms with Gasteiger partial charge in [0.15, 0.2) is 5.78 Å². The Bertz CT molecular complexity index is 1080. The molecule has 30 heavy (non-hydrogen) atoms. The molecule has 0 bridgehead atoms. The Kier molecular flexibility index (Phi) is 5.52. The molecular formula is C24H25NO4S. The highest BCUT2D eigenvalue weighted by atomic mass is 32.1. The van der Waals surface area contributed by atoms with Crippen LogP contribution in [0.4, 0.5) is 0 Å². The van der Waals surface area contributed by atoms with E-state index < -0.39 is 5.97 Å². The molecule has 0 saturated heterocycles. The van der Waals surface area contributed by atoms with Crippen molar-refractivity contribution in [2.45, 2.75) is 38.5 Å². The van der Waals surface area contributed by atoms with E-state index in [2.05, 4.69) is 5.32 Å². The third-order valence-electron chi connectivity index (χ3n) is 5.84. The second kappa shape index (κ2) is 8.11. The van der Waals surface area contributed by atoms with Crippen LogP contribution in [0.1, 0.15) is 46.9 Å². The molecule has 2 atom stereocenters. The van der Waals surface area contributed by atoms with Crippen LogP contribution in [-0.2, 0) is 14.3 Å². The highest BCUT2D eigenvalue weighted by Crippen LogP contribution is 2.47. The maximum Gasteiger partial charge on any atom is 0.336 e. The van der Waals surface area contributed by atoms with Gasteiger partial charge in [-0.15, -0.1) is 11.3 Å². The minimum atomic E-state index is -0.398. The number of ether oxygens (including phenoxy) is 2. The van der Waals surface area contributed by atoms with Crippen molar-refractivity contribution in [3.63, 3.8) is 0 Å². The fourth-order valence-electron chi connectivity index (χ4n) is 4.44. The second-order valence-electron chi connectivity index (χ2n) is 7.73. The third-order valence-corrected chi connectivity index (χ3v) is 6.91. The first kappa shape index (κ1) is 20.4. The summed E-state index contributed by atoms with van der Waals surface area (Å²) in [5.41, 5.74) is 3.95. The Morgan fingerprint density at radius 2 is 1.93 bits per heavy atom. The predicted octanol–water partition coefficient (Wildman–Crippen LogP) is 4.60. The number of ketones is 1. The lowest BCUT2D eigenvalue weighted by Crippen LogP contribution is -2.35. The molecule has 4 rings (SSSR count). The molecule has 0 amide bonds. The van der Waals surface area contributed by atoms with Gasteiger partial charge in [-0.25, -0.2) is 4.79 Å². The van der Waals surface area contributed by atoms with Gasteiger partial charge in [0.2, 0.25) is 0 Å². The summed E-state index contributed by atoms with van der Waals surface area (Å²) in [5, 5.41) is 3.36. The van der Waals surface area contributed by atoms with Crippen LogP contribution in [0, 0.1) is 6.92 Å². The highest BCUT2D eigenvalue weighted by Gasteiger charge is 2.41. The van der Waals surface area contributed by atoms with Gasteiger partial charge in [-0.3, -0.25) is 4.79 Å². The quantitative estimate of drug-likeness (QED) is 0.728. The van der Waals surface area contributed by atoms with E-state index in [1.54, 1.807) is 18.4 Å². The van der Waals surface area contributed by atoms with Crippen LogP contribution in [0.5, 0.6) is 5.75 Å².